The van der Waals surface area contributed by atoms with Crippen molar-refractivity contribution in [3.8, 4) is 0 Å². The van der Waals surface area contributed by atoms with Crippen molar-refractivity contribution in [1.29, 1.82) is 0 Å². The van der Waals surface area contributed by atoms with Crippen LogP contribution in [-0.4, -0.2) is 58.9 Å². The molecule has 0 radical (unpaired) electrons. The number of carboxylic acid groups (broad SMARTS) is 1. The van der Waals surface area contributed by atoms with Gasteiger partial charge in [0.2, 0.25) is 0 Å². The number of unbranched alkanes of at least 4 members (excludes halogenated alkanes) is 1. The standard InChI is InChI=1S/C25H50NO8P/c1-13-16-17-31-21(29)25(12,18-24(10,11)20(27)28)34-26(23(7,8)9)19(22(4,5)6)35(30,32-14-2)33-15-3/h19H,13-18H2,1-12H3,(H,27,28). The van der Waals surface area contributed by atoms with Crippen LogP contribution in [0.25, 0.3) is 0 Å². The van der Waals surface area contributed by atoms with Gasteiger partial charge in [-0.05, 0) is 67.2 Å². The normalized spacial score (nSPS) is 16.1. The molecule has 0 spiro atoms. The van der Waals surface area contributed by atoms with Gasteiger partial charge in [-0.15, -0.1) is 0 Å². The molecule has 0 aromatic carbocycles. The van der Waals surface area contributed by atoms with Crippen molar-refractivity contribution in [2.45, 2.75) is 119 Å². The number of esters is 1. The number of rotatable bonds is 15. The molecule has 0 saturated carbocycles. The lowest BCUT2D eigenvalue weighted by molar-refractivity contribution is -0.301. The Labute approximate surface area is 212 Å². The number of hydrogen-bond acceptors (Lipinski definition) is 8. The molecule has 0 aliphatic rings. The van der Waals surface area contributed by atoms with Crippen LogP contribution in [-0.2, 0) is 32.8 Å². The van der Waals surface area contributed by atoms with E-state index >= 15 is 0 Å². The van der Waals surface area contributed by atoms with Gasteiger partial charge in [-0.2, -0.15) is 5.06 Å². The van der Waals surface area contributed by atoms with Gasteiger partial charge >= 0.3 is 19.5 Å². The molecule has 1 N–H and O–H groups in total. The van der Waals surface area contributed by atoms with Gasteiger partial charge in [0.25, 0.3) is 0 Å². The summed E-state index contributed by atoms with van der Waals surface area (Å²) in [6.45, 7) is 21.8. The topological polar surface area (TPSA) is 112 Å². The van der Waals surface area contributed by atoms with E-state index in [9.17, 15) is 19.3 Å². The first kappa shape index (κ1) is 34.0. The van der Waals surface area contributed by atoms with E-state index in [2.05, 4.69) is 0 Å². The predicted octanol–water partition coefficient (Wildman–Crippen LogP) is 6.26. The van der Waals surface area contributed by atoms with Crippen molar-refractivity contribution in [1.82, 2.24) is 5.06 Å². The van der Waals surface area contributed by atoms with Crippen LogP contribution < -0.4 is 0 Å². The number of carbonyl (C=O) groups is 2. The number of hydrogen-bond donors (Lipinski definition) is 1. The quantitative estimate of drug-likeness (QED) is 0.115. The first-order valence-electron chi connectivity index (χ1n) is 12.5. The lowest BCUT2D eigenvalue weighted by Gasteiger charge is -2.50. The third-order valence-corrected chi connectivity index (χ3v) is 8.22. The molecule has 9 nitrogen and oxygen atoms in total. The van der Waals surface area contributed by atoms with Crippen LogP contribution in [0.4, 0.5) is 0 Å². The van der Waals surface area contributed by atoms with E-state index in [4.69, 9.17) is 18.6 Å². The fourth-order valence-electron chi connectivity index (χ4n) is 3.79. The molecule has 2 unspecified atom stereocenters. The Morgan fingerprint density at radius 2 is 1.40 bits per heavy atom. The minimum Gasteiger partial charge on any atom is -0.481 e. The highest BCUT2D eigenvalue weighted by Crippen LogP contribution is 2.61. The van der Waals surface area contributed by atoms with Crippen molar-refractivity contribution < 1.29 is 37.9 Å². The second-order valence-electron chi connectivity index (χ2n) is 11.8. The minimum absolute atomic E-state index is 0.157. The lowest BCUT2D eigenvalue weighted by Crippen LogP contribution is -2.59. The van der Waals surface area contributed by atoms with E-state index in [1.807, 2.05) is 48.5 Å². The second-order valence-corrected chi connectivity index (χ2v) is 13.9. The summed E-state index contributed by atoms with van der Waals surface area (Å²) in [5.41, 5.74) is -4.44. The van der Waals surface area contributed by atoms with Crippen LogP contribution in [0.1, 0.15) is 102 Å². The summed E-state index contributed by atoms with van der Waals surface area (Å²) in [5, 5.41) is 11.3. The molecule has 0 aromatic rings. The maximum atomic E-state index is 14.1. The van der Waals surface area contributed by atoms with Crippen molar-refractivity contribution >= 4 is 19.5 Å². The van der Waals surface area contributed by atoms with Crippen LogP contribution >= 0.6 is 7.60 Å². The molecule has 208 valence electrons. The van der Waals surface area contributed by atoms with Gasteiger partial charge in [-0.1, -0.05) is 34.1 Å². The highest BCUT2D eigenvalue weighted by atomic mass is 31.2. The SMILES string of the molecule is CCCCOC(=O)C(C)(CC(C)(C)C(=O)O)ON(C(C(C)(C)C)P(=O)(OCC)OCC)C(C)(C)C. The summed E-state index contributed by atoms with van der Waals surface area (Å²) >= 11 is 0. The summed E-state index contributed by atoms with van der Waals surface area (Å²) < 4.78 is 31.1. The number of nitrogens with zero attached hydrogens (tertiary/aromatic N) is 1. The third-order valence-electron chi connectivity index (χ3n) is 5.40. The summed E-state index contributed by atoms with van der Waals surface area (Å²) in [5.74, 6) is -2.66. The summed E-state index contributed by atoms with van der Waals surface area (Å²) in [7, 11) is -3.78. The zero-order valence-electron chi connectivity index (χ0n) is 24.0. The van der Waals surface area contributed by atoms with Crippen molar-refractivity contribution in [2.24, 2.45) is 10.8 Å². The highest BCUT2D eigenvalue weighted by molar-refractivity contribution is 7.54. The van der Waals surface area contributed by atoms with Gasteiger partial charge in [0.15, 0.2) is 5.60 Å². The smallest absolute Gasteiger partial charge is 0.350 e. The van der Waals surface area contributed by atoms with E-state index in [0.29, 0.717) is 6.42 Å². The van der Waals surface area contributed by atoms with Crippen molar-refractivity contribution in [3.63, 3.8) is 0 Å². The molecule has 0 aliphatic carbocycles. The Hall–Kier alpha value is -0.990. The largest absolute Gasteiger partial charge is 0.481 e. The molecule has 10 heteroatoms. The molecule has 0 fully saturated rings. The summed E-state index contributed by atoms with van der Waals surface area (Å²) in [4.78, 5) is 31.8. The van der Waals surface area contributed by atoms with E-state index in [0.717, 1.165) is 6.42 Å². The Balaban J connectivity index is 6.84. The minimum atomic E-state index is -3.78. The number of aliphatic carboxylic acids is 1. The predicted molar refractivity (Wildman–Crippen MR) is 137 cm³/mol. The fourth-order valence-corrected chi connectivity index (χ4v) is 6.46. The average molecular weight is 524 g/mol. The molecular weight excluding hydrogens is 473 g/mol. The van der Waals surface area contributed by atoms with E-state index in [1.165, 1.54) is 25.8 Å². The molecular formula is C25H50NO8P. The highest BCUT2D eigenvalue weighted by Gasteiger charge is 2.55. The van der Waals surface area contributed by atoms with Crippen LogP contribution in [0.3, 0.4) is 0 Å². The number of carbonyl (C=O) groups excluding carboxylic acids is 1. The molecule has 0 saturated heterocycles. The van der Waals surface area contributed by atoms with Gasteiger partial charge in [-0.25, -0.2) is 4.79 Å². The molecule has 0 heterocycles. The Kier molecular flexibility index (Phi) is 12.6. The van der Waals surface area contributed by atoms with Crippen LogP contribution in [0.15, 0.2) is 0 Å². The van der Waals surface area contributed by atoms with Crippen molar-refractivity contribution in [3.05, 3.63) is 0 Å². The van der Waals surface area contributed by atoms with Gasteiger partial charge in [-0.3, -0.25) is 14.2 Å². The van der Waals surface area contributed by atoms with E-state index in [1.54, 1.807) is 13.8 Å². The molecule has 0 rings (SSSR count). The van der Waals surface area contributed by atoms with Crippen LogP contribution in [0.2, 0.25) is 0 Å². The maximum absolute atomic E-state index is 14.1. The Bertz CT molecular complexity index is 731. The molecule has 35 heavy (non-hydrogen) atoms. The average Bonchev–Trinajstić information content (AvgIpc) is 2.65. The monoisotopic (exact) mass is 523 g/mol. The Morgan fingerprint density at radius 3 is 1.74 bits per heavy atom. The third kappa shape index (κ3) is 9.77. The first-order valence-corrected chi connectivity index (χ1v) is 14.1. The van der Waals surface area contributed by atoms with Gasteiger partial charge < -0.3 is 18.9 Å². The van der Waals surface area contributed by atoms with Gasteiger partial charge in [0, 0.05) is 12.0 Å². The Morgan fingerprint density at radius 1 is 0.914 bits per heavy atom. The van der Waals surface area contributed by atoms with E-state index < -0.39 is 47.3 Å². The summed E-state index contributed by atoms with van der Waals surface area (Å²) in [6, 6.07) is 0. The second kappa shape index (κ2) is 13.0. The molecule has 0 aromatic heterocycles. The fraction of sp³-hybridized carbons (Fsp3) is 0.920. The zero-order valence-corrected chi connectivity index (χ0v) is 24.9. The number of hydroxylamine groups is 2. The van der Waals surface area contributed by atoms with Crippen LogP contribution in [0.5, 0.6) is 0 Å². The molecule has 0 bridgehead atoms. The molecule has 0 amide bonds. The number of carboxylic acids is 1. The van der Waals surface area contributed by atoms with Crippen LogP contribution in [0, 0.1) is 10.8 Å². The maximum Gasteiger partial charge on any atom is 0.350 e. The van der Waals surface area contributed by atoms with Gasteiger partial charge in [0.05, 0.1) is 25.2 Å². The molecule has 0 aliphatic heterocycles. The first-order chi connectivity index (χ1) is 15.7. The lowest BCUT2D eigenvalue weighted by atomic mass is 9.81. The number of ether oxygens (including phenoxy) is 1. The van der Waals surface area contributed by atoms with E-state index in [-0.39, 0.29) is 26.2 Å². The molecule has 2 atom stereocenters. The summed E-state index contributed by atoms with van der Waals surface area (Å²) in [6.07, 6.45) is 1.33. The van der Waals surface area contributed by atoms with Gasteiger partial charge in [0.1, 0.15) is 5.78 Å². The zero-order chi connectivity index (χ0) is 27.9. The van der Waals surface area contributed by atoms with Crippen molar-refractivity contribution in [2.75, 3.05) is 19.8 Å².